The molecule has 0 N–H and O–H groups in total. The molecule has 28 heavy (non-hydrogen) atoms. The number of nitrogens with zero attached hydrogens (tertiary/aromatic N) is 2. The number of carbonyl (C=O) groups excluding carboxylic acids is 1. The van der Waals surface area contributed by atoms with Crippen LogP contribution in [0.4, 0.5) is 0 Å². The van der Waals surface area contributed by atoms with E-state index in [4.69, 9.17) is 11.6 Å². The summed E-state index contributed by atoms with van der Waals surface area (Å²) in [5.74, 6) is 0.122. The second kappa shape index (κ2) is 8.40. The van der Waals surface area contributed by atoms with E-state index >= 15 is 0 Å². The molecule has 2 saturated heterocycles. The van der Waals surface area contributed by atoms with Gasteiger partial charge in [0.2, 0.25) is 5.91 Å². The highest BCUT2D eigenvalue weighted by molar-refractivity contribution is 9.10. The molecule has 2 heterocycles. The third-order valence-corrected chi connectivity index (χ3v) is 6.67. The van der Waals surface area contributed by atoms with Gasteiger partial charge in [0, 0.05) is 40.6 Å². The maximum absolute atomic E-state index is 12.4. The third kappa shape index (κ3) is 4.68. The Hall–Kier alpha value is -1.62. The zero-order valence-corrected chi connectivity index (χ0v) is 18.1. The molecule has 0 atom stereocenters. The number of halogens is 2. The maximum atomic E-state index is 12.4. The number of likely N-dealkylation sites (tertiary alicyclic amines) is 2. The minimum Gasteiger partial charge on any atom is -0.338 e. The van der Waals surface area contributed by atoms with Gasteiger partial charge in [0.25, 0.3) is 0 Å². The fraction of sp³-hybridized carbons (Fsp3) is 0.348. The van der Waals surface area contributed by atoms with E-state index in [1.807, 2.05) is 47.4 Å². The van der Waals surface area contributed by atoms with Gasteiger partial charge in [-0.2, -0.15) is 0 Å². The summed E-state index contributed by atoms with van der Waals surface area (Å²) < 4.78 is 1.04. The molecule has 146 valence electrons. The Bertz CT molecular complexity index is 847. The Balaban J connectivity index is 1.24. The fourth-order valence-corrected chi connectivity index (χ4v) is 4.51. The molecule has 4 rings (SSSR count). The molecule has 5 heteroatoms. The summed E-state index contributed by atoms with van der Waals surface area (Å²) in [6, 6.07) is 16.1. The van der Waals surface area contributed by atoms with Crippen molar-refractivity contribution in [1.29, 1.82) is 0 Å². The highest BCUT2D eigenvalue weighted by atomic mass is 79.9. The van der Waals surface area contributed by atoms with Crippen molar-refractivity contribution in [2.45, 2.75) is 19.4 Å². The van der Waals surface area contributed by atoms with Gasteiger partial charge in [-0.3, -0.25) is 9.69 Å². The lowest BCUT2D eigenvalue weighted by Crippen LogP contribution is -2.61. The van der Waals surface area contributed by atoms with Gasteiger partial charge in [0.15, 0.2) is 0 Å². The van der Waals surface area contributed by atoms with Crippen LogP contribution < -0.4 is 0 Å². The van der Waals surface area contributed by atoms with Crippen LogP contribution in [0.1, 0.15) is 24.0 Å². The Morgan fingerprint density at radius 2 is 1.68 bits per heavy atom. The molecule has 1 spiro atoms. The van der Waals surface area contributed by atoms with Crippen molar-refractivity contribution < 1.29 is 4.79 Å². The Kier molecular flexibility index (Phi) is 5.91. The number of carbonyl (C=O) groups is 1. The summed E-state index contributed by atoms with van der Waals surface area (Å²) in [4.78, 5) is 16.9. The molecule has 2 aliphatic rings. The molecular weight excluding hydrogens is 436 g/mol. The number of hydrogen-bond donors (Lipinski definition) is 0. The predicted molar refractivity (Wildman–Crippen MR) is 118 cm³/mol. The first-order valence-corrected chi connectivity index (χ1v) is 10.9. The minimum absolute atomic E-state index is 0.122. The van der Waals surface area contributed by atoms with Crippen molar-refractivity contribution in [2.24, 2.45) is 5.41 Å². The van der Waals surface area contributed by atoms with Crippen molar-refractivity contribution in [3.8, 4) is 0 Å². The van der Waals surface area contributed by atoms with Gasteiger partial charge in [-0.15, -0.1) is 0 Å². The van der Waals surface area contributed by atoms with E-state index in [0.717, 1.165) is 47.8 Å². The topological polar surface area (TPSA) is 23.6 Å². The summed E-state index contributed by atoms with van der Waals surface area (Å²) >= 11 is 9.40. The van der Waals surface area contributed by atoms with E-state index in [2.05, 4.69) is 33.0 Å². The summed E-state index contributed by atoms with van der Waals surface area (Å²) in [6.45, 7) is 4.96. The highest BCUT2D eigenvalue weighted by Crippen LogP contribution is 2.40. The van der Waals surface area contributed by atoms with Gasteiger partial charge in [0.1, 0.15) is 0 Å². The van der Waals surface area contributed by atoms with Gasteiger partial charge < -0.3 is 4.90 Å². The summed E-state index contributed by atoms with van der Waals surface area (Å²) in [5.41, 5.74) is 2.68. The summed E-state index contributed by atoms with van der Waals surface area (Å²) in [5, 5.41) is 0.787. The van der Waals surface area contributed by atoms with Crippen molar-refractivity contribution in [2.75, 3.05) is 26.2 Å². The second-order valence-electron chi connectivity index (χ2n) is 7.98. The third-order valence-electron chi connectivity index (χ3n) is 5.89. The Morgan fingerprint density at radius 3 is 2.32 bits per heavy atom. The number of benzene rings is 2. The monoisotopic (exact) mass is 458 g/mol. The summed E-state index contributed by atoms with van der Waals surface area (Å²) in [7, 11) is 0. The molecular formula is C23H24BrClN2O. The predicted octanol–water partition coefficient (Wildman–Crippen LogP) is 5.24. The van der Waals surface area contributed by atoms with Crippen molar-refractivity contribution >= 4 is 39.5 Å². The van der Waals surface area contributed by atoms with Crippen LogP contribution in [0, 0.1) is 5.41 Å². The molecule has 0 bridgehead atoms. The van der Waals surface area contributed by atoms with Crippen molar-refractivity contribution in [1.82, 2.24) is 9.80 Å². The zero-order chi connectivity index (χ0) is 19.6. The summed E-state index contributed by atoms with van der Waals surface area (Å²) in [6.07, 6.45) is 5.93. The van der Waals surface area contributed by atoms with E-state index in [1.54, 1.807) is 6.08 Å². The molecule has 2 aliphatic heterocycles. The number of hydrogen-bond acceptors (Lipinski definition) is 2. The van der Waals surface area contributed by atoms with Crippen LogP contribution in [0.5, 0.6) is 0 Å². The van der Waals surface area contributed by atoms with Gasteiger partial charge in [-0.1, -0.05) is 51.8 Å². The maximum Gasteiger partial charge on any atom is 0.246 e. The number of piperidine rings is 1. The molecule has 0 saturated carbocycles. The van der Waals surface area contributed by atoms with Crippen LogP contribution in [-0.4, -0.2) is 41.9 Å². The van der Waals surface area contributed by atoms with Crippen LogP contribution in [0.15, 0.2) is 59.1 Å². The smallest absolute Gasteiger partial charge is 0.246 e. The van der Waals surface area contributed by atoms with Crippen LogP contribution in [0.2, 0.25) is 5.02 Å². The molecule has 2 aromatic carbocycles. The number of rotatable bonds is 4. The molecule has 1 amide bonds. The van der Waals surface area contributed by atoms with E-state index in [1.165, 1.54) is 18.4 Å². The molecule has 2 fully saturated rings. The molecule has 3 nitrogen and oxygen atoms in total. The molecule has 2 aromatic rings. The Morgan fingerprint density at radius 1 is 1.04 bits per heavy atom. The van der Waals surface area contributed by atoms with Gasteiger partial charge in [-0.05, 0) is 67.4 Å². The molecule has 0 aliphatic carbocycles. The average Bonchev–Trinajstić information content (AvgIpc) is 2.68. The zero-order valence-electron chi connectivity index (χ0n) is 15.8. The molecule has 0 radical (unpaired) electrons. The van der Waals surface area contributed by atoms with Gasteiger partial charge >= 0.3 is 0 Å². The number of amides is 1. The van der Waals surface area contributed by atoms with Crippen molar-refractivity contribution in [3.63, 3.8) is 0 Å². The first kappa shape index (κ1) is 19.7. The van der Waals surface area contributed by atoms with E-state index in [-0.39, 0.29) is 5.91 Å². The van der Waals surface area contributed by atoms with E-state index in [0.29, 0.717) is 5.41 Å². The van der Waals surface area contributed by atoms with Crippen LogP contribution in [-0.2, 0) is 11.3 Å². The lowest BCUT2D eigenvalue weighted by atomic mass is 9.72. The molecule has 0 unspecified atom stereocenters. The van der Waals surface area contributed by atoms with Gasteiger partial charge in [0.05, 0.1) is 0 Å². The SMILES string of the molecule is O=C(C=Cc1ccc(Br)cc1)N1CC2(CCN(Cc3ccc(Cl)cc3)CC2)C1. The fourth-order valence-electron chi connectivity index (χ4n) is 4.12. The lowest BCUT2D eigenvalue weighted by molar-refractivity contribution is -0.141. The first-order valence-electron chi connectivity index (χ1n) is 9.71. The quantitative estimate of drug-likeness (QED) is 0.584. The normalized spacial score (nSPS) is 19.1. The second-order valence-corrected chi connectivity index (χ2v) is 9.33. The van der Waals surface area contributed by atoms with Crippen LogP contribution >= 0.6 is 27.5 Å². The standard InChI is InChI=1S/C23H24BrClN2O/c24-20-6-1-18(2-7-20)5-10-22(28)27-16-23(17-27)11-13-26(14-12-23)15-19-3-8-21(25)9-4-19/h1-10H,11-17H2. The van der Waals surface area contributed by atoms with Crippen LogP contribution in [0.3, 0.4) is 0 Å². The largest absolute Gasteiger partial charge is 0.338 e. The first-order chi connectivity index (χ1) is 13.5. The molecule has 0 aromatic heterocycles. The van der Waals surface area contributed by atoms with Crippen LogP contribution in [0.25, 0.3) is 6.08 Å². The minimum atomic E-state index is 0.122. The highest BCUT2D eigenvalue weighted by Gasteiger charge is 2.46. The Labute approximate surface area is 180 Å². The van der Waals surface area contributed by atoms with E-state index in [9.17, 15) is 4.79 Å². The average molecular weight is 460 g/mol. The lowest BCUT2D eigenvalue weighted by Gasteiger charge is -2.53. The van der Waals surface area contributed by atoms with E-state index < -0.39 is 0 Å². The van der Waals surface area contributed by atoms with Gasteiger partial charge in [-0.25, -0.2) is 0 Å². The van der Waals surface area contributed by atoms with Crippen molar-refractivity contribution in [3.05, 3.63) is 75.2 Å².